The molecule has 1 heterocycles. The maximum Gasteiger partial charge on any atom is 0.315 e. The van der Waals surface area contributed by atoms with E-state index in [0.717, 1.165) is 42.8 Å². The van der Waals surface area contributed by atoms with Gasteiger partial charge in [0.25, 0.3) is 5.91 Å². The van der Waals surface area contributed by atoms with E-state index in [1.165, 1.54) is 6.42 Å². The summed E-state index contributed by atoms with van der Waals surface area (Å²) in [5.41, 5.74) is 2.56. The molecular weight excluding hydrogens is 354 g/mol. The van der Waals surface area contributed by atoms with Crippen molar-refractivity contribution in [3.8, 4) is 5.75 Å². The molecule has 0 aromatic heterocycles. The summed E-state index contributed by atoms with van der Waals surface area (Å²) in [5.74, 6) is 0.838. The number of carbonyl (C=O) groups is 2. The topological polar surface area (TPSA) is 70.7 Å². The number of urea groups is 1. The molecule has 0 bridgehead atoms. The van der Waals surface area contributed by atoms with E-state index in [-0.39, 0.29) is 11.9 Å². The zero-order chi connectivity index (χ0) is 19.8. The first-order valence-electron chi connectivity index (χ1n) is 9.69. The van der Waals surface area contributed by atoms with Crippen LogP contribution in [0.2, 0.25) is 0 Å². The Morgan fingerprint density at radius 3 is 2.32 bits per heavy atom. The molecule has 3 amide bonds. The van der Waals surface area contributed by atoms with Gasteiger partial charge in [-0.2, -0.15) is 0 Å². The minimum Gasteiger partial charge on any atom is -0.496 e. The lowest BCUT2D eigenvalue weighted by atomic mass is 10.1. The fraction of sp³-hybridized carbons (Fsp3) is 0.364. The third-order valence-corrected chi connectivity index (χ3v) is 4.93. The van der Waals surface area contributed by atoms with Gasteiger partial charge in [-0.05, 0) is 43.0 Å². The summed E-state index contributed by atoms with van der Waals surface area (Å²) in [6.45, 7) is 2.47. The second kappa shape index (κ2) is 9.78. The van der Waals surface area contributed by atoms with E-state index in [1.807, 2.05) is 53.4 Å². The van der Waals surface area contributed by atoms with Crippen LogP contribution in [0.5, 0.6) is 5.75 Å². The largest absolute Gasteiger partial charge is 0.496 e. The predicted molar refractivity (Wildman–Crippen MR) is 108 cm³/mol. The number of nitrogens with zero attached hydrogens (tertiary/aromatic N) is 1. The number of methoxy groups -OCH3 is 1. The summed E-state index contributed by atoms with van der Waals surface area (Å²) in [5, 5.41) is 5.66. The molecule has 2 aromatic rings. The molecule has 0 aliphatic carbocycles. The van der Waals surface area contributed by atoms with Gasteiger partial charge in [0, 0.05) is 37.3 Å². The van der Waals surface area contributed by atoms with Crippen molar-refractivity contribution in [2.24, 2.45) is 0 Å². The summed E-state index contributed by atoms with van der Waals surface area (Å²) >= 11 is 0. The molecule has 1 aliphatic rings. The summed E-state index contributed by atoms with van der Waals surface area (Å²) in [7, 11) is 1.61. The van der Waals surface area contributed by atoms with Crippen molar-refractivity contribution in [2.45, 2.75) is 32.4 Å². The van der Waals surface area contributed by atoms with Crippen LogP contribution in [0.4, 0.5) is 4.79 Å². The number of nitrogens with one attached hydrogen (secondary N) is 2. The Kier molecular flexibility index (Phi) is 6.89. The molecule has 148 valence electrons. The standard InChI is InChI=1S/C22H27N3O3/c1-28-20-8-4-3-7-19(20)16-24-22(27)23-15-17-9-11-18(12-10-17)21(26)25-13-5-2-6-14-25/h3-4,7-12H,2,5-6,13-16H2,1H3,(H2,23,24,27). The van der Waals surface area contributed by atoms with Crippen LogP contribution >= 0.6 is 0 Å². The number of hydrogen-bond donors (Lipinski definition) is 2. The number of para-hydroxylation sites is 1. The number of carbonyl (C=O) groups excluding carboxylic acids is 2. The van der Waals surface area contributed by atoms with Gasteiger partial charge in [-0.25, -0.2) is 4.79 Å². The number of rotatable bonds is 6. The number of benzene rings is 2. The van der Waals surface area contributed by atoms with Gasteiger partial charge in [0.1, 0.15) is 5.75 Å². The van der Waals surface area contributed by atoms with Crippen molar-refractivity contribution in [1.29, 1.82) is 0 Å². The van der Waals surface area contributed by atoms with Crippen LogP contribution < -0.4 is 15.4 Å². The summed E-state index contributed by atoms with van der Waals surface area (Å²) in [6.07, 6.45) is 3.36. The van der Waals surface area contributed by atoms with Crippen molar-refractivity contribution in [3.05, 3.63) is 65.2 Å². The molecule has 0 spiro atoms. The fourth-order valence-electron chi connectivity index (χ4n) is 3.31. The molecule has 2 N–H and O–H groups in total. The van der Waals surface area contributed by atoms with Gasteiger partial charge in [-0.3, -0.25) is 4.79 Å². The van der Waals surface area contributed by atoms with Gasteiger partial charge < -0.3 is 20.3 Å². The van der Waals surface area contributed by atoms with E-state index in [2.05, 4.69) is 10.6 Å². The van der Waals surface area contributed by atoms with Gasteiger partial charge in [-0.15, -0.1) is 0 Å². The zero-order valence-corrected chi connectivity index (χ0v) is 16.2. The lowest BCUT2D eigenvalue weighted by molar-refractivity contribution is 0.0724. The van der Waals surface area contributed by atoms with Crippen LogP contribution in [-0.4, -0.2) is 37.0 Å². The number of amides is 3. The molecule has 1 saturated heterocycles. The second-order valence-electron chi connectivity index (χ2n) is 6.90. The fourth-order valence-corrected chi connectivity index (χ4v) is 3.31. The minimum atomic E-state index is -0.251. The van der Waals surface area contributed by atoms with E-state index in [1.54, 1.807) is 7.11 Å². The molecular formula is C22H27N3O3. The lowest BCUT2D eigenvalue weighted by Crippen LogP contribution is -2.35. The normalized spacial score (nSPS) is 13.7. The van der Waals surface area contributed by atoms with Gasteiger partial charge in [0.15, 0.2) is 0 Å². The second-order valence-corrected chi connectivity index (χ2v) is 6.90. The van der Waals surface area contributed by atoms with Gasteiger partial charge >= 0.3 is 6.03 Å². The molecule has 2 aromatic carbocycles. The van der Waals surface area contributed by atoms with Crippen LogP contribution in [0.1, 0.15) is 40.7 Å². The Morgan fingerprint density at radius 2 is 1.61 bits per heavy atom. The minimum absolute atomic E-state index is 0.0914. The molecule has 3 rings (SSSR count). The highest BCUT2D eigenvalue weighted by Crippen LogP contribution is 2.16. The van der Waals surface area contributed by atoms with E-state index in [0.29, 0.717) is 18.7 Å². The highest BCUT2D eigenvalue weighted by Gasteiger charge is 2.17. The van der Waals surface area contributed by atoms with Crippen LogP contribution in [0.3, 0.4) is 0 Å². The average Bonchev–Trinajstić information content (AvgIpc) is 2.77. The van der Waals surface area contributed by atoms with E-state index >= 15 is 0 Å². The van der Waals surface area contributed by atoms with Crippen LogP contribution in [0, 0.1) is 0 Å². The lowest BCUT2D eigenvalue weighted by Gasteiger charge is -2.26. The third kappa shape index (κ3) is 5.25. The van der Waals surface area contributed by atoms with Crippen LogP contribution in [0.25, 0.3) is 0 Å². The molecule has 0 saturated carbocycles. The highest BCUT2D eigenvalue weighted by atomic mass is 16.5. The van der Waals surface area contributed by atoms with Crippen molar-refractivity contribution < 1.29 is 14.3 Å². The Hall–Kier alpha value is -3.02. The molecule has 6 nitrogen and oxygen atoms in total. The summed E-state index contributed by atoms with van der Waals surface area (Å²) in [4.78, 5) is 26.5. The molecule has 0 radical (unpaired) electrons. The molecule has 1 aliphatic heterocycles. The molecule has 0 unspecified atom stereocenters. The summed E-state index contributed by atoms with van der Waals surface area (Å²) < 4.78 is 5.28. The molecule has 28 heavy (non-hydrogen) atoms. The quantitative estimate of drug-likeness (QED) is 0.806. The average molecular weight is 381 g/mol. The number of ether oxygens (including phenoxy) is 1. The molecule has 6 heteroatoms. The first-order valence-corrected chi connectivity index (χ1v) is 9.69. The number of hydrogen-bond acceptors (Lipinski definition) is 3. The smallest absolute Gasteiger partial charge is 0.315 e. The zero-order valence-electron chi connectivity index (χ0n) is 16.2. The Labute approximate surface area is 165 Å². The Morgan fingerprint density at radius 1 is 0.929 bits per heavy atom. The third-order valence-electron chi connectivity index (χ3n) is 4.93. The van der Waals surface area contributed by atoms with Crippen molar-refractivity contribution in [2.75, 3.05) is 20.2 Å². The molecule has 0 atom stereocenters. The Bertz CT molecular complexity index is 799. The Balaban J connectivity index is 1.46. The van der Waals surface area contributed by atoms with Crippen molar-refractivity contribution in [3.63, 3.8) is 0 Å². The van der Waals surface area contributed by atoms with Gasteiger partial charge in [0.05, 0.1) is 7.11 Å². The van der Waals surface area contributed by atoms with Crippen molar-refractivity contribution in [1.82, 2.24) is 15.5 Å². The highest BCUT2D eigenvalue weighted by molar-refractivity contribution is 5.94. The van der Waals surface area contributed by atoms with E-state index in [9.17, 15) is 9.59 Å². The SMILES string of the molecule is COc1ccccc1CNC(=O)NCc1ccc(C(=O)N2CCCCC2)cc1. The number of likely N-dealkylation sites (tertiary alicyclic amines) is 1. The van der Waals surface area contributed by atoms with E-state index in [4.69, 9.17) is 4.74 Å². The van der Waals surface area contributed by atoms with E-state index < -0.39 is 0 Å². The van der Waals surface area contributed by atoms with Gasteiger partial charge in [-0.1, -0.05) is 30.3 Å². The number of piperidine rings is 1. The predicted octanol–water partition coefficient (Wildman–Crippen LogP) is 3.32. The molecule has 1 fully saturated rings. The maximum absolute atomic E-state index is 12.5. The van der Waals surface area contributed by atoms with Crippen LogP contribution in [0.15, 0.2) is 48.5 Å². The monoisotopic (exact) mass is 381 g/mol. The first kappa shape index (κ1) is 19.7. The first-order chi connectivity index (χ1) is 13.7. The maximum atomic E-state index is 12.5. The summed E-state index contributed by atoms with van der Waals surface area (Å²) in [6, 6.07) is 14.8. The van der Waals surface area contributed by atoms with Crippen molar-refractivity contribution >= 4 is 11.9 Å². The van der Waals surface area contributed by atoms with Crippen LogP contribution in [-0.2, 0) is 13.1 Å². The van der Waals surface area contributed by atoms with Gasteiger partial charge in [0.2, 0.25) is 0 Å².